The van der Waals surface area contributed by atoms with Gasteiger partial charge in [-0.15, -0.1) is 0 Å². The first-order valence-corrected chi connectivity index (χ1v) is 9.24. The highest BCUT2D eigenvalue weighted by Crippen LogP contribution is 2.02. The van der Waals surface area contributed by atoms with Gasteiger partial charge < -0.3 is 76.0 Å². The number of hydrogen-bond donors (Lipinski definition) is 13. The lowest BCUT2D eigenvalue weighted by Crippen LogP contribution is -2.44. The molecular weight excluding hydrogens is 460 g/mol. The van der Waals surface area contributed by atoms with E-state index in [2.05, 4.69) is 0 Å². The van der Waals surface area contributed by atoms with E-state index in [4.69, 9.17) is 66.4 Å². The largest absolute Gasteiger partial charge is 0.394 e. The molecule has 0 aromatic heterocycles. The van der Waals surface area contributed by atoms with Crippen molar-refractivity contribution >= 4 is 18.4 Å². The summed E-state index contributed by atoms with van der Waals surface area (Å²) in [4.78, 5) is 30.2. The van der Waals surface area contributed by atoms with Crippen molar-refractivity contribution < 1.29 is 80.8 Å². The van der Waals surface area contributed by atoms with E-state index in [1.165, 1.54) is 6.92 Å². The second-order valence-corrected chi connectivity index (χ2v) is 6.53. The summed E-state index contributed by atoms with van der Waals surface area (Å²) in [7, 11) is 0. The van der Waals surface area contributed by atoms with Crippen molar-refractivity contribution in [3.63, 3.8) is 0 Å². The van der Waals surface area contributed by atoms with E-state index in [0.717, 1.165) is 0 Å². The van der Waals surface area contributed by atoms with E-state index in [-0.39, 0.29) is 12.6 Å². The van der Waals surface area contributed by atoms with Crippen LogP contribution in [0.2, 0.25) is 0 Å². The lowest BCUT2D eigenvalue weighted by Gasteiger charge is -2.21. The molecule has 0 aliphatic carbocycles. The van der Waals surface area contributed by atoms with Crippen molar-refractivity contribution in [1.82, 2.24) is 0 Å². The van der Waals surface area contributed by atoms with Crippen LogP contribution in [0.1, 0.15) is 6.92 Å². The van der Waals surface area contributed by atoms with E-state index in [1.807, 2.05) is 0 Å². The first kappa shape index (κ1) is 36.1. The maximum Gasteiger partial charge on any atom is 0.189 e. The van der Waals surface area contributed by atoms with Crippen molar-refractivity contribution in [3.05, 3.63) is 0 Å². The quantitative estimate of drug-likeness (QED) is 0.106. The van der Waals surface area contributed by atoms with Gasteiger partial charge in [-0.05, 0) is 6.92 Å². The minimum atomic E-state index is -1.86. The van der Waals surface area contributed by atoms with Gasteiger partial charge in [0.2, 0.25) is 0 Å². The van der Waals surface area contributed by atoms with Crippen LogP contribution < -0.4 is 0 Å². The normalized spacial score (nSPS) is 19.9. The molecule has 0 aliphatic heterocycles. The molecule has 0 aliphatic rings. The molecular formula is C17H34O16. The van der Waals surface area contributed by atoms with Gasteiger partial charge in [0.25, 0.3) is 0 Å². The van der Waals surface area contributed by atoms with Gasteiger partial charge >= 0.3 is 0 Å². The molecule has 0 unspecified atom stereocenters. The summed E-state index contributed by atoms with van der Waals surface area (Å²) >= 11 is 0. The van der Waals surface area contributed by atoms with Crippen molar-refractivity contribution in [2.75, 3.05) is 19.8 Å². The Morgan fingerprint density at radius 1 is 0.636 bits per heavy atom. The lowest BCUT2D eigenvalue weighted by atomic mass is 10.1. The van der Waals surface area contributed by atoms with Crippen molar-refractivity contribution in [2.24, 2.45) is 0 Å². The zero-order chi connectivity index (χ0) is 26.9. The molecule has 0 fully saturated rings. The molecule has 0 rings (SSSR count). The summed E-state index contributed by atoms with van der Waals surface area (Å²) in [6.07, 6.45) is -15.7. The summed E-state index contributed by atoms with van der Waals surface area (Å²) in [5.41, 5.74) is 0. The standard InChI is InChI=1S/C6H12O6.C6H12O5.C5H10O5/c7-1-3(9)5(11)6(12)4(10)2-8;1-3(8)5(10)6(11)4(9)2-7;6-1-3(8)5(10)4(9)2-7/h3,5-9,11-12H,1-2H2;2-6,8-11H,1H3;1,3-5,7-10H,2H2/t3-,5+,6-;3-,4+,5+,6-;3-,4-,5-/m111/s1. The number of hydrogen-bond acceptors (Lipinski definition) is 16. The Balaban J connectivity index is -0.000000411. The molecule has 0 aromatic rings. The average Bonchev–Trinajstić information content (AvgIpc) is 2.84. The molecule has 0 saturated carbocycles. The maximum absolute atomic E-state index is 10.5. The molecule has 13 N–H and O–H groups in total. The molecule has 33 heavy (non-hydrogen) atoms. The third-order valence-corrected chi connectivity index (χ3v) is 3.79. The molecule has 0 saturated heterocycles. The fourth-order valence-corrected chi connectivity index (χ4v) is 1.59. The summed E-state index contributed by atoms with van der Waals surface area (Å²) in [6, 6.07) is 0. The predicted octanol–water partition coefficient (Wildman–Crippen LogP) is -8.47. The van der Waals surface area contributed by atoms with Gasteiger partial charge in [-0.25, -0.2) is 0 Å². The highest BCUT2D eigenvalue weighted by Gasteiger charge is 2.29. The Labute approximate surface area is 187 Å². The van der Waals surface area contributed by atoms with Crippen molar-refractivity contribution in [2.45, 2.75) is 68.0 Å². The summed E-state index contributed by atoms with van der Waals surface area (Å²) in [6.45, 7) is -1.13. The number of aliphatic hydroxyl groups excluding tert-OH is 13. The van der Waals surface area contributed by atoms with Gasteiger partial charge in [0.05, 0.1) is 19.3 Å². The van der Waals surface area contributed by atoms with E-state index in [1.54, 1.807) is 0 Å². The number of rotatable bonds is 13. The molecule has 16 nitrogen and oxygen atoms in total. The zero-order valence-corrected chi connectivity index (χ0v) is 17.6. The van der Waals surface area contributed by atoms with E-state index in [9.17, 15) is 14.4 Å². The van der Waals surface area contributed by atoms with E-state index >= 15 is 0 Å². The molecule has 0 bridgehead atoms. The number of carbonyl (C=O) groups is 3. The van der Waals surface area contributed by atoms with Crippen LogP contribution in [0, 0.1) is 0 Å². The third-order valence-electron chi connectivity index (χ3n) is 3.79. The van der Waals surface area contributed by atoms with E-state index in [0.29, 0.717) is 0 Å². The van der Waals surface area contributed by atoms with Crippen LogP contribution >= 0.6 is 0 Å². The van der Waals surface area contributed by atoms with Crippen LogP contribution in [-0.4, -0.2) is 166 Å². The Hall–Kier alpha value is -1.51. The molecule has 0 heterocycles. The van der Waals surface area contributed by atoms with Crippen molar-refractivity contribution in [3.8, 4) is 0 Å². The Kier molecular flexibility index (Phi) is 21.8. The fourth-order valence-electron chi connectivity index (χ4n) is 1.59. The Morgan fingerprint density at radius 2 is 1.00 bits per heavy atom. The van der Waals surface area contributed by atoms with Crippen LogP contribution in [-0.2, 0) is 14.4 Å². The topological polar surface area (TPSA) is 314 Å². The maximum atomic E-state index is 10.5. The predicted molar refractivity (Wildman–Crippen MR) is 104 cm³/mol. The molecule has 0 aromatic carbocycles. The molecule has 198 valence electrons. The zero-order valence-electron chi connectivity index (χ0n) is 17.6. The molecule has 10 atom stereocenters. The Bertz CT molecular complexity index is 517. The van der Waals surface area contributed by atoms with Crippen LogP contribution in [0.3, 0.4) is 0 Å². The first-order valence-electron chi connectivity index (χ1n) is 9.24. The number of aldehydes is 2. The minimum Gasteiger partial charge on any atom is -0.394 e. The van der Waals surface area contributed by atoms with Crippen LogP contribution in [0.25, 0.3) is 0 Å². The Morgan fingerprint density at radius 3 is 1.30 bits per heavy atom. The average molecular weight is 494 g/mol. The van der Waals surface area contributed by atoms with Gasteiger partial charge in [0, 0.05) is 0 Å². The lowest BCUT2D eigenvalue weighted by molar-refractivity contribution is -0.142. The number of Topliss-reactive ketones (excluding diaryl/α,β-unsaturated/α-hetero) is 1. The van der Waals surface area contributed by atoms with Gasteiger partial charge in [0.15, 0.2) is 18.4 Å². The number of aliphatic hydroxyl groups is 13. The second kappa shape index (κ2) is 19.9. The first-order chi connectivity index (χ1) is 15.2. The number of ketones is 1. The molecule has 0 amide bonds. The highest BCUT2D eigenvalue weighted by molar-refractivity contribution is 5.84. The van der Waals surface area contributed by atoms with Gasteiger partial charge in [-0.2, -0.15) is 0 Å². The molecule has 0 radical (unpaired) electrons. The highest BCUT2D eigenvalue weighted by atomic mass is 16.4. The van der Waals surface area contributed by atoms with E-state index < -0.39 is 86.6 Å². The summed E-state index contributed by atoms with van der Waals surface area (Å²) in [5, 5.41) is 112. The van der Waals surface area contributed by atoms with Crippen LogP contribution in [0.15, 0.2) is 0 Å². The van der Waals surface area contributed by atoms with Crippen LogP contribution in [0.5, 0.6) is 0 Å². The minimum absolute atomic E-state index is 0.0869. The second-order valence-electron chi connectivity index (χ2n) is 6.53. The van der Waals surface area contributed by atoms with Crippen molar-refractivity contribution in [1.29, 1.82) is 0 Å². The number of carbonyl (C=O) groups excluding carboxylic acids is 3. The smallest absolute Gasteiger partial charge is 0.189 e. The van der Waals surface area contributed by atoms with Gasteiger partial charge in [-0.1, -0.05) is 0 Å². The summed E-state index contributed by atoms with van der Waals surface area (Å²) < 4.78 is 0. The summed E-state index contributed by atoms with van der Waals surface area (Å²) in [5.74, 6) is -1.00. The monoisotopic (exact) mass is 494 g/mol. The van der Waals surface area contributed by atoms with Gasteiger partial charge in [-0.3, -0.25) is 4.79 Å². The molecule has 0 spiro atoms. The van der Waals surface area contributed by atoms with Gasteiger partial charge in [0.1, 0.15) is 61.5 Å². The SMILES string of the molecule is C[C@@H](O)[C@H](O)[C@H](O)[C@@H](O)C=O.O=C(CO)[C@@H](O)[C@@H](O)[C@H](O)CO.O=C[C@@H](O)[C@@H](O)[C@H](O)CO. The molecule has 16 heteroatoms. The fraction of sp³-hybridized carbons (Fsp3) is 0.824. The third kappa shape index (κ3) is 15.1. The van der Waals surface area contributed by atoms with Crippen LogP contribution in [0.4, 0.5) is 0 Å².